The molecule has 1 unspecified atom stereocenters. The van der Waals surface area contributed by atoms with E-state index in [9.17, 15) is 9.59 Å². The number of aliphatic carboxylic acids is 1. The molecule has 0 fully saturated rings. The molecule has 0 spiro atoms. The van der Waals surface area contributed by atoms with Crippen LogP contribution in [0.5, 0.6) is 0 Å². The topological polar surface area (TPSA) is 63.6 Å². The molecule has 0 rings (SSSR count). The van der Waals surface area contributed by atoms with Gasteiger partial charge in [-0.25, -0.2) is 0 Å². The minimum atomic E-state index is -0.705. The van der Waals surface area contributed by atoms with Crippen molar-refractivity contribution in [3.8, 4) is 0 Å². The Kier molecular flexibility index (Phi) is 27.2. The number of rotatable bonds is 28. The van der Waals surface area contributed by atoms with Crippen LogP contribution in [-0.4, -0.2) is 23.1 Å². The van der Waals surface area contributed by atoms with Crippen LogP contribution < -0.4 is 0 Å². The standard InChI is InChI=1S/C32H60O4/c1-3-5-7-8-9-10-11-12-13-14-15-16-17-21-25-29-32(35)36-30(26-22-6-4-2)27-23-19-18-20-24-28-31(33)34/h12-13,30H,3-11,14-29H2,1-2H3,(H,33,34)/b13-12-. The zero-order valence-corrected chi connectivity index (χ0v) is 24.1. The molecule has 0 aliphatic heterocycles. The highest BCUT2D eigenvalue weighted by Crippen LogP contribution is 2.17. The van der Waals surface area contributed by atoms with Crippen molar-refractivity contribution in [2.24, 2.45) is 0 Å². The lowest BCUT2D eigenvalue weighted by molar-refractivity contribution is -0.150. The Labute approximate surface area is 224 Å². The molecule has 0 saturated carbocycles. The third kappa shape index (κ3) is 27.3. The van der Waals surface area contributed by atoms with Crippen molar-refractivity contribution >= 4 is 11.9 Å². The molecule has 1 atom stereocenters. The minimum absolute atomic E-state index is 0.0180. The maximum Gasteiger partial charge on any atom is 0.306 e. The fourth-order valence-corrected chi connectivity index (χ4v) is 4.65. The largest absolute Gasteiger partial charge is 0.481 e. The predicted octanol–water partition coefficient (Wildman–Crippen LogP) is 10.3. The van der Waals surface area contributed by atoms with Crippen molar-refractivity contribution in [1.29, 1.82) is 0 Å². The van der Waals surface area contributed by atoms with Gasteiger partial charge in [0.25, 0.3) is 0 Å². The number of hydrogen-bond acceptors (Lipinski definition) is 3. The summed E-state index contributed by atoms with van der Waals surface area (Å²) in [7, 11) is 0. The first-order valence-corrected chi connectivity index (χ1v) is 15.7. The van der Waals surface area contributed by atoms with Crippen molar-refractivity contribution in [3.63, 3.8) is 0 Å². The number of allylic oxidation sites excluding steroid dienone is 2. The van der Waals surface area contributed by atoms with Gasteiger partial charge in [0.05, 0.1) is 0 Å². The average Bonchev–Trinajstić information content (AvgIpc) is 2.85. The normalized spacial score (nSPS) is 12.3. The Morgan fingerprint density at radius 2 is 1.00 bits per heavy atom. The van der Waals surface area contributed by atoms with Gasteiger partial charge in [-0.3, -0.25) is 9.59 Å². The Morgan fingerprint density at radius 3 is 1.56 bits per heavy atom. The van der Waals surface area contributed by atoms with E-state index in [1.807, 2.05) is 0 Å². The first kappa shape index (κ1) is 34.7. The molecule has 0 aromatic heterocycles. The molecule has 0 aromatic rings. The van der Waals surface area contributed by atoms with Crippen molar-refractivity contribution < 1.29 is 19.4 Å². The van der Waals surface area contributed by atoms with E-state index in [0.717, 1.165) is 64.2 Å². The van der Waals surface area contributed by atoms with Crippen molar-refractivity contribution in [2.75, 3.05) is 0 Å². The molecule has 36 heavy (non-hydrogen) atoms. The zero-order chi connectivity index (χ0) is 26.5. The van der Waals surface area contributed by atoms with Crippen molar-refractivity contribution in [3.05, 3.63) is 12.2 Å². The first-order chi connectivity index (χ1) is 17.6. The van der Waals surface area contributed by atoms with E-state index in [0.29, 0.717) is 6.42 Å². The Bertz CT molecular complexity index is 514. The lowest BCUT2D eigenvalue weighted by Gasteiger charge is -2.18. The number of carboxylic acid groups (broad SMARTS) is 1. The summed E-state index contributed by atoms with van der Waals surface area (Å²) < 4.78 is 5.85. The van der Waals surface area contributed by atoms with Crippen LogP contribution in [0.4, 0.5) is 0 Å². The molecule has 0 amide bonds. The summed E-state index contributed by atoms with van der Waals surface area (Å²) in [5, 5.41) is 8.71. The van der Waals surface area contributed by atoms with E-state index in [1.54, 1.807) is 0 Å². The number of carboxylic acids is 1. The first-order valence-electron chi connectivity index (χ1n) is 15.7. The van der Waals surface area contributed by atoms with Crippen LogP contribution >= 0.6 is 0 Å². The van der Waals surface area contributed by atoms with E-state index in [1.165, 1.54) is 83.5 Å². The smallest absolute Gasteiger partial charge is 0.306 e. The molecule has 1 N–H and O–H groups in total. The van der Waals surface area contributed by atoms with Gasteiger partial charge in [0.15, 0.2) is 0 Å². The van der Waals surface area contributed by atoms with E-state index in [2.05, 4.69) is 26.0 Å². The van der Waals surface area contributed by atoms with E-state index >= 15 is 0 Å². The highest BCUT2D eigenvalue weighted by Gasteiger charge is 2.14. The second kappa shape index (κ2) is 28.3. The molecule has 0 bridgehead atoms. The monoisotopic (exact) mass is 508 g/mol. The van der Waals surface area contributed by atoms with Crippen LogP contribution in [0, 0.1) is 0 Å². The Hall–Kier alpha value is -1.32. The van der Waals surface area contributed by atoms with Gasteiger partial charge in [0, 0.05) is 12.8 Å². The number of carbonyl (C=O) groups is 2. The van der Waals surface area contributed by atoms with Crippen LogP contribution in [0.1, 0.15) is 174 Å². The quantitative estimate of drug-likeness (QED) is 0.0648. The predicted molar refractivity (Wildman–Crippen MR) is 153 cm³/mol. The van der Waals surface area contributed by atoms with Gasteiger partial charge >= 0.3 is 11.9 Å². The van der Waals surface area contributed by atoms with Crippen LogP contribution in [-0.2, 0) is 14.3 Å². The molecular formula is C32H60O4. The highest BCUT2D eigenvalue weighted by atomic mass is 16.5. The molecule has 0 heterocycles. The Morgan fingerprint density at radius 1 is 0.583 bits per heavy atom. The number of carbonyl (C=O) groups excluding carboxylic acids is 1. The summed E-state index contributed by atoms with van der Waals surface area (Å²) >= 11 is 0. The molecule has 0 aliphatic carbocycles. The highest BCUT2D eigenvalue weighted by molar-refractivity contribution is 5.69. The number of ether oxygens (including phenoxy) is 1. The lowest BCUT2D eigenvalue weighted by atomic mass is 10.0. The fourth-order valence-electron chi connectivity index (χ4n) is 4.65. The molecule has 0 aliphatic rings. The van der Waals surface area contributed by atoms with Gasteiger partial charge in [-0.2, -0.15) is 0 Å². The van der Waals surface area contributed by atoms with E-state index < -0.39 is 5.97 Å². The number of unbranched alkanes of at least 4 members (excludes halogenated alkanes) is 17. The minimum Gasteiger partial charge on any atom is -0.481 e. The van der Waals surface area contributed by atoms with Gasteiger partial charge in [0.1, 0.15) is 6.10 Å². The van der Waals surface area contributed by atoms with Gasteiger partial charge in [-0.1, -0.05) is 109 Å². The third-order valence-corrected chi connectivity index (χ3v) is 6.99. The second-order valence-electron chi connectivity index (χ2n) is 10.6. The van der Waals surface area contributed by atoms with Crippen molar-refractivity contribution in [1.82, 2.24) is 0 Å². The molecule has 4 heteroatoms. The molecule has 0 radical (unpaired) electrons. The maximum absolute atomic E-state index is 12.4. The molecule has 0 saturated heterocycles. The second-order valence-corrected chi connectivity index (χ2v) is 10.6. The van der Waals surface area contributed by atoms with Gasteiger partial charge in [0.2, 0.25) is 0 Å². The van der Waals surface area contributed by atoms with E-state index in [4.69, 9.17) is 9.84 Å². The average molecular weight is 509 g/mol. The van der Waals surface area contributed by atoms with Crippen LogP contribution in [0.3, 0.4) is 0 Å². The van der Waals surface area contributed by atoms with Crippen LogP contribution in [0.15, 0.2) is 12.2 Å². The summed E-state index contributed by atoms with van der Waals surface area (Å²) in [4.78, 5) is 22.9. The van der Waals surface area contributed by atoms with Gasteiger partial charge in [-0.15, -0.1) is 0 Å². The van der Waals surface area contributed by atoms with Gasteiger partial charge < -0.3 is 9.84 Å². The van der Waals surface area contributed by atoms with Crippen LogP contribution in [0.2, 0.25) is 0 Å². The Balaban J connectivity index is 3.75. The number of esters is 1. The molecule has 212 valence electrons. The zero-order valence-electron chi connectivity index (χ0n) is 24.1. The maximum atomic E-state index is 12.4. The lowest BCUT2D eigenvalue weighted by Crippen LogP contribution is -2.18. The van der Waals surface area contributed by atoms with Crippen molar-refractivity contribution in [2.45, 2.75) is 180 Å². The van der Waals surface area contributed by atoms with E-state index in [-0.39, 0.29) is 18.5 Å². The fraction of sp³-hybridized carbons (Fsp3) is 0.875. The number of hydrogen-bond donors (Lipinski definition) is 1. The van der Waals surface area contributed by atoms with Crippen LogP contribution in [0.25, 0.3) is 0 Å². The summed E-state index contributed by atoms with van der Waals surface area (Å²) in [5.74, 6) is -0.722. The molecule has 0 aromatic carbocycles. The molecule has 4 nitrogen and oxygen atoms in total. The third-order valence-electron chi connectivity index (χ3n) is 6.99. The summed E-state index contributed by atoms with van der Waals surface area (Å²) in [6.45, 7) is 4.47. The summed E-state index contributed by atoms with van der Waals surface area (Å²) in [6.07, 6.45) is 32.4. The summed E-state index contributed by atoms with van der Waals surface area (Å²) in [5.41, 5.74) is 0. The molecular weight excluding hydrogens is 448 g/mol. The SMILES string of the molecule is CCCCCCCC/C=C\CCCCCCCC(=O)OC(CCCCC)CCCCCCCC(=O)O. The summed E-state index contributed by atoms with van der Waals surface area (Å²) in [6, 6.07) is 0. The van der Waals surface area contributed by atoms with Gasteiger partial charge in [-0.05, 0) is 64.2 Å².